The van der Waals surface area contributed by atoms with Crippen LogP contribution in [0.2, 0.25) is 0 Å². The highest BCUT2D eigenvalue weighted by Gasteiger charge is 2.27. The molecule has 0 amide bonds. The molecule has 0 saturated heterocycles. The van der Waals surface area contributed by atoms with Crippen LogP contribution in [-0.4, -0.2) is 21.0 Å². The maximum atomic E-state index is 12.6. The summed E-state index contributed by atoms with van der Waals surface area (Å²) in [6, 6.07) is 3.79. The summed E-state index contributed by atoms with van der Waals surface area (Å²) in [5.41, 5.74) is 2.55. The van der Waals surface area contributed by atoms with Gasteiger partial charge in [0.25, 0.3) is 0 Å². The van der Waals surface area contributed by atoms with Crippen molar-refractivity contribution in [1.82, 2.24) is 4.72 Å². The van der Waals surface area contributed by atoms with E-state index in [0.29, 0.717) is 10.8 Å². The van der Waals surface area contributed by atoms with Crippen molar-refractivity contribution in [3.05, 3.63) is 23.3 Å². The highest BCUT2D eigenvalue weighted by molar-refractivity contribution is 7.89. The Balaban J connectivity index is 2.22. The van der Waals surface area contributed by atoms with Gasteiger partial charge in [-0.3, -0.25) is 0 Å². The molecule has 118 valence electrons. The van der Waals surface area contributed by atoms with Crippen LogP contribution >= 0.6 is 0 Å². The summed E-state index contributed by atoms with van der Waals surface area (Å²) in [4.78, 5) is 0.423. The van der Waals surface area contributed by atoms with Crippen molar-refractivity contribution in [2.45, 2.75) is 57.9 Å². The van der Waals surface area contributed by atoms with Crippen molar-refractivity contribution in [1.29, 1.82) is 0 Å². The summed E-state index contributed by atoms with van der Waals surface area (Å²) in [5, 5.41) is 3.23. The summed E-state index contributed by atoms with van der Waals surface area (Å²) in [6.07, 6.45) is 3.41. The zero-order valence-electron chi connectivity index (χ0n) is 13.4. The molecule has 1 aliphatic carbocycles. The predicted molar refractivity (Wildman–Crippen MR) is 87.2 cm³/mol. The Morgan fingerprint density at radius 2 is 1.81 bits per heavy atom. The standard InChI is InChI=1S/C16H26N2O2S/c1-5-17-15-8-11(2)16(12(3)9-15)21(19,20)18-13(4)10-14-6-7-14/h8-9,13-14,17-18H,5-7,10H2,1-4H3. The monoisotopic (exact) mass is 310 g/mol. The van der Waals surface area contributed by atoms with Gasteiger partial charge in [-0.15, -0.1) is 0 Å². The van der Waals surface area contributed by atoms with Crippen LogP contribution in [0.1, 0.15) is 44.2 Å². The summed E-state index contributed by atoms with van der Waals surface area (Å²) in [7, 11) is -3.45. The molecule has 1 saturated carbocycles. The lowest BCUT2D eigenvalue weighted by atomic mass is 10.1. The number of benzene rings is 1. The second-order valence-electron chi connectivity index (χ2n) is 6.17. The van der Waals surface area contributed by atoms with Gasteiger partial charge >= 0.3 is 0 Å². The topological polar surface area (TPSA) is 58.2 Å². The molecule has 1 aromatic carbocycles. The van der Waals surface area contributed by atoms with Crippen molar-refractivity contribution in [2.24, 2.45) is 5.92 Å². The minimum Gasteiger partial charge on any atom is -0.385 e. The molecule has 0 radical (unpaired) electrons. The Morgan fingerprint density at radius 3 is 2.29 bits per heavy atom. The first-order valence-corrected chi connectivity index (χ1v) is 9.19. The van der Waals surface area contributed by atoms with Gasteiger partial charge in [-0.05, 0) is 63.3 Å². The lowest BCUT2D eigenvalue weighted by Gasteiger charge is -2.18. The molecular weight excluding hydrogens is 284 g/mol. The third-order valence-electron chi connectivity index (χ3n) is 3.85. The van der Waals surface area contributed by atoms with E-state index < -0.39 is 10.0 Å². The smallest absolute Gasteiger partial charge is 0.241 e. The molecule has 0 bridgehead atoms. The summed E-state index contributed by atoms with van der Waals surface area (Å²) in [6.45, 7) is 8.51. The van der Waals surface area contributed by atoms with Crippen LogP contribution in [-0.2, 0) is 10.0 Å². The second kappa shape index (κ2) is 6.36. The normalized spacial score (nSPS) is 16.8. The fourth-order valence-corrected chi connectivity index (χ4v) is 4.62. The first-order valence-electron chi connectivity index (χ1n) is 7.71. The first-order chi connectivity index (χ1) is 9.83. The Morgan fingerprint density at radius 1 is 1.24 bits per heavy atom. The van der Waals surface area contributed by atoms with Crippen LogP contribution < -0.4 is 10.0 Å². The molecule has 2 rings (SSSR count). The fraction of sp³-hybridized carbons (Fsp3) is 0.625. The van der Waals surface area contributed by atoms with Crippen molar-refractivity contribution in [3.63, 3.8) is 0 Å². The van der Waals surface area contributed by atoms with Gasteiger partial charge in [0.05, 0.1) is 4.90 Å². The molecule has 0 heterocycles. The number of hydrogen-bond acceptors (Lipinski definition) is 3. The molecule has 2 N–H and O–H groups in total. The van der Waals surface area contributed by atoms with E-state index in [2.05, 4.69) is 10.0 Å². The quantitative estimate of drug-likeness (QED) is 0.813. The average Bonchev–Trinajstić information content (AvgIpc) is 3.10. The minimum atomic E-state index is -3.45. The van der Waals surface area contributed by atoms with Gasteiger partial charge in [0.15, 0.2) is 0 Å². The molecule has 4 nitrogen and oxygen atoms in total. The predicted octanol–water partition coefficient (Wildman–Crippen LogP) is 3.20. The van der Waals surface area contributed by atoms with Gasteiger partial charge < -0.3 is 5.32 Å². The van der Waals surface area contributed by atoms with Gasteiger partial charge in [-0.1, -0.05) is 12.8 Å². The number of hydrogen-bond donors (Lipinski definition) is 2. The van der Waals surface area contributed by atoms with Crippen molar-refractivity contribution >= 4 is 15.7 Å². The first kappa shape index (κ1) is 16.3. The number of nitrogens with one attached hydrogen (secondary N) is 2. The molecular formula is C16H26N2O2S. The van der Waals surface area contributed by atoms with Gasteiger partial charge in [0, 0.05) is 18.3 Å². The maximum absolute atomic E-state index is 12.6. The van der Waals surface area contributed by atoms with E-state index in [4.69, 9.17) is 0 Å². The Labute approximate surface area is 128 Å². The summed E-state index contributed by atoms with van der Waals surface area (Å²) >= 11 is 0. The Hall–Kier alpha value is -1.07. The van der Waals surface area contributed by atoms with E-state index in [-0.39, 0.29) is 6.04 Å². The van der Waals surface area contributed by atoms with Gasteiger partial charge in [-0.2, -0.15) is 0 Å². The molecule has 1 unspecified atom stereocenters. The summed E-state index contributed by atoms with van der Waals surface area (Å²) < 4.78 is 28.1. The zero-order chi connectivity index (χ0) is 15.6. The molecule has 0 spiro atoms. The molecule has 1 fully saturated rings. The molecule has 1 aromatic rings. The van der Waals surface area contributed by atoms with E-state index in [0.717, 1.165) is 29.8 Å². The molecule has 0 aliphatic heterocycles. The van der Waals surface area contributed by atoms with Crippen LogP contribution in [0.4, 0.5) is 5.69 Å². The van der Waals surface area contributed by atoms with E-state index in [1.807, 2.05) is 39.8 Å². The number of aryl methyl sites for hydroxylation is 2. The third-order valence-corrected chi connectivity index (χ3v) is 5.74. The van der Waals surface area contributed by atoms with Crippen LogP contribution in [0.25, 0.3) is 0 Å². The molecule has 1 atom stereocenters. The highest BCUT2D eigenvalue weighted by atomic mass is 32.2. The minimum absolute atomic E-state index is 0.00487. The average molecular weight is 310 g/mol. The Bertz CT molecular complexity index is 584. The van der Waals surface area contributed by atoms with Crippen LogP contribution in [0.5, 0.6) is 0 Å². The van der Waals surface area contributed by atoms with Crippen molar-refractivity contribution in [2.75, 3.05) is 11.9 Å². The van der Waals surface area contributed by atoms with E-state index in [1.165, 1.54) is 12.8 Å². The molecule has 0 aromatic heterocycles. The number of rotatable bonds is 7. The lowest BCUT2D eigenvalue weighted by Crippen LogP contribution is -2.33. The van der Waals surface area contributed by atoms with Gasteiger partial charge in [0.1, 0.15) is 0 Å². The number of sulfonamides is 1. The van der Waals surface area contributed by atoms with Crippen molar-refractivity contribution < 1.29 is 8.42 Å². The fourth-order valence-electron chi connectivity index (χ4n) is 2.91. The van der Waals surface area contributed by atoms with Crippen LogP contribution in [0.3, 0.4) is 0 Å². The van der Waals surface area contributed by atoms with Crippen molar-refractivity contribution in [3.8, 4) is 0 Å². The molecule has 21 heavy (non-hydrogen) atoms. The SMILES string of the molecule is CCNc1cc(C)c(S(=O)(=O)NC(C)CC2CC2)c(C)c1. The van der Waals surface area contributed by atoms with Crippen LogP contribution in [0, 0.1) is 19.8 Å². The zero-order valence-corrected chi connectivity index (χ0v) is 14.2. The second-order valence-corrected chi connectivity index (χ2v) is 7.82. The third kappa shape index (κ3) is 4.20. The van der Waals surface area contributed by atoms with Gasteiger partial charge in [-0.25, -0.2) is 13.1 Å². The van der Waals surface area contributed by atoms with E-state index >= 15 is 0 Å². The molecule has 1 aliphatic rings. The van der Waals surface area contributed by atoms with Gasteiger partial charge in [0.2, 0.25) is 10.0 Å². The largest absolute Gasteiger partial charge is 0.385 e. The molecule has 5 heteroatoms. The van der Waals surface area contributed by atoms with Crippen LogP contribution in [0.15, 0.2) is 17.0 Å². The van der Waals surface area contributed by atoms with E-state index in [9.17, 15) is 8.42 Å². The van der Waals surface area contributed by atoms with E-state index in [1.54, 1.807) is 0 Å². The highest BCUT2D eigenvalue weighted by Crippen LogP contribution is 2.34. The maximum Gasteiger partial charge on any atom is 0.241 e. The lowest BCUT2D eigenvalue weighted by molar-refractivity contribution is 0.529. The Kier molecular flexibility index (Phi) is 4.94. The summed E-state index contributed by atoms with van der Waals surface area (Å²) in [5.74, 6) is 0.709. The number of anilines is 1.